The van der Waals surface area contributed by atoms with E-state index in [9.17, 15) is 0 Å². The number of aromatic nitrogens is 7. The summed E-state index contributed by atoms with van der Waals surface area (Å²) in [4.78, 5) is 9.29. The van der Waals surface area contributed by atoms with Crippen molar-refractivity contribution < 1.29 is 0 Å². The monoisotopic (exact) mass is 395 g/mol. The van der Waals surface area contributed by atoms with Gasteiger partial charge in [0.2, 0.25) is 0 Å². The molecule has 4 aromatic rings. The average Bonchev–Trinajstić information content (AvgIpc) is 3.27. The smallest absolute Gasteiger partial charge is 0.184 e. The van der Waals surface area contributed by atoms with Gasteiger partial charge in [-0.1, -0.05) is 15.9 Å². The van der Waals surface area contributed by atoms with Crippen molar-refractivity contribution in [3.05, 3.63) is 52.8 Å². The molecule has 0 atom stereocenters. The average molecular weight is 396 g/mol. The van der Waals surface area contributed by atoms with Crippen LogP contribution in [0.25, 0.3) is 28.5 Å². The summed E-state index contributed by atoms with van der Waals surface area (Å²) in [6.07, 6.45) is 5.57. The molecule has 0 radical (unpaired) electrons. The Kier molecular flexibility index (Phi) is 2.99. The van der Waals surface area contributed by atoms with E-state index in [1.165, 1.54) is 0 Å². The SMILES string of the molecule is Cc1ncn2c1Cn1nc(-c3cnn(C)c3)nc1-c1cc(Br)ccc1-2. The molecule has 1 aromatic carbocycles. The van der Waals surface area contributed by atoms with Gasteiger partial charge in [-0.3, -0.25) is 4.68 Å². The highest BCUT2D eigenvalue weighted by atomic mass is 79.9. The molecule has 0 amide bonds. The lowest BCUT2D eigenvalue weighted by Crippen LogP contribution is -2.05. The van der Waals surface area contributed by atoms with Gasteiger partial charge in [0.05, 0.1) is 41.7 Å². The molecule has 8 heteroatoms. The second kappa shape index (κ2) is 5.13. The van der Waals surface area contributed by atoms with E-state index in [1.807, 2.05) is 37.2 Å². The highest BCUT2D eigenvalue weighted by Crippen LogP contribution is 2.34. The summed E-state index contributed by atoms with van der Waals surface area (Å²) >= 11 is 3.57. The maximum Gasteiger partial charge on any atom is 0.184 e. The Morgan fingerprint density at radius 1 is 1.24 bits per heavy atom. The van der Waals surface area contributed by atoms with Gasteiger partial charge < -0.3 is 4.57 Å². The number of benzene rings is 1. The van der Waals surface area contributed by atoms with Crippen LogP contribution in [-0.4, -0.2) is 34.1 Å². The molecule has 0 spiro atoms. The van der Waals surface area contributed by atoms with Crippen molar-refractivity contribution in [2.45, 2.75) is 13.5 Å². The van der Waals surface area contributed by atoms with Crippen LogP contribution in [0, 0.1) is 6.92 Å². The van der Waals surface area contributed by atoms with Crippen molar-refractivity contribution in [2.24, 2.45) is 7.05 Å². The van der Waals surface area contributed by atoms with Crippen molar-refractivity contribution >= 4 is 15.9 Å². The van der Waals surface area contributed by atoms with Crippen LogP contribution in [0.2, 0.25) is 0 Å². The van der Waals surface area contributed by atoms with Gasteiger partial charge in [0.15, 0.2) is 11.6 Å². The standard InChI is InChI=1S/C17H14BrN7/c1-10-15-8-25-17(21-16(22-25)11-6-20-23(2)7-11)13-5-12(18)3-4-14(13)24(15)9-19-10/h3-7,9H,8H2,1-2H3. The van der Waals surface area contributed by atoms with Crippen LogP contribution in [-0.2, 0) is 13.6 Å². The number of halogens is 1. The number of hydrogen-bond acceptors (Lipinski definition) is 4. The van der Waals surface area contributed by atoms with Gasteiger partial charge in [-0.2, -0.15) is 5.10 Å². The topological polar surface area (TPSA) is 66.3 Å². The minimum atomic E-state index is 0.626. The molecule has 0 bridgehead atoms. The fourth-order valence-corrected chi connectivity index (χ4v) is 3.57. The maximum absolute atomic E-state index is 4.81. The molecule has 3 aromatic heterocycles. The third-order valence-electron chi connectivity index (χ3n) is 4.47. The van der Waals surface area contributed by atoms with E-state index in [-0.39, 0.29) is 0 Å². The Bertz CT molecular complexity index is 1120. The Balaban J connectivity index is 1.79. The molecule has 0 saturated carbocycles. The summed E-state index contributed by atoms with van der Waals surface area (Å²) in [5, 5.41) is 8.96. The molecule has 0 fully saturated rings. The molecule has 25 heavy (non-hydrogen) atoms. The van der Waals surface area contributed by atoms with Crippen LogP contribution in [0.15, 0.2) is 41.4 Å². The fourth-order valence-electron chi connectivity index (χ4n) is 3.21. The van der Waals surface area contributed by atoms with E-state index < -0.39 is 0 Å². The zero-order valence-electron chi connectivity index (χ0n) is 13.7. The lowest BCUT2D eigenvalue weighted by molar-refractivity contribution is 0.676. The van der Waals surface area contributed by atoms with Gasteiger partial charge in [0.25, 0.3) is 0 Å². The predicted molar refractivity (Wildman–Crippen MR) is 96.3 cm³/mol. The third-order valence-corrected chi connectivity index (χ3v) is 4.96. The summed E-state index contributed by atoms with van der Waals surface area (Å²) in [5.74, 6) is 1.53. The normalized spacial score (nSPS) is 12.4. The third kappa shape index (κ3) is 2.17. The molecule has 1 aliphatic rings. The van der Waals surface area contributed by atoms with Crippen LogP contribution in [0.1, 0.15) is 11.4 Å². The summed E-state index contributed by atoms with van der Waals surface area (Å²) < 4.78 is 6.83. The van der Waals surface area contributed by atoms with Gasteiger partial charge in [-0.15, -0.1) is 5.10 Å². The molecule has 1 aliphatic heterocycles. The quantitative estimate of drug-likeness (QED) is 0.437. The van der Waals surface area contributed by atoms with E-state index in [0.717, 1.165) is 38.5 Å². The molecule has 0 N–H and O–H groups in total. The van der Waals surface area contributed by atoms with E-state index in [4.69, 9.17) is 10.1 Å². The molecular formula is C17H14BrN7. The van der Waals surface area contributed by atoms with E-state index in [1.54, 1.807) is 10.9 Å². The summed E-state index contributed by atoms with van der Waals surface area (Å²) in [6.45, 7) is 2.65. The highest BCUT2D eigenvalue weighted by molar-refractivity contribution is 9.10. The van der Waals surface area contributed by atoms with Crippen molar-refractivity contribution in [1.29, 1.82) is 0 Å². The molecule has 0 unspecified atom stereocenters. The molecular weight excluding hydrogens is 382 g/mol. The Hall–Kier alpha value is -2.74. The lowest BCUT2D eigenvalue weighted by Gasteiger charge is -2.08. The zero-order valence-corrected chi connectivity index (χ0v) is 15.3. The largest absolute Gasteiger partial charge is 0.300 e. The number of nitrogens with zero attached hydrogens (tertiary/aromatic N) is 7. The van der Waals surface area contributed by atoms with Crippen molar-refractivity contribution in [3.63, 3.8) is 0 Å². The number of rotatable bonds is 1. The van der Waals surface area contributed by atoms with Crippen molar-refractivity contribution in [2.75, 3.05) is 0 Å². The second-order valence-corrected chi connectivity index (χ2v) is 7.04. The molecule has 124 valence electrons. The van der Waals surface area contributed by atoms with Crippen LogP contribution in [0.5, 0.6) is 0 Å². The number of imidazole rings is 1. The number of hydrogen-bond donors (Lipinski definition) is 0. The van der Waals surface area contributed by atoms with Crippen LogP contribution >= 0.6 is 15.9 Å². The van der Waals surface area contributed by atoms with Gasteiger partial charge in [-0.25, -0.2) is 14.6 Å². The maximum atomic E-state index is 4.81. The van der Waals surface area contributed by atoms with Crippen molar-refractivity contribution in [1.82, 2.24) is 34.1 Å². The van der Waals surface area contributed by atoms with Crippen molar-refractivity contribution in [3.8, 4) is 28.5 Å². The Labute approximate surface area is 152 Å². The van der Waals surface area contributed by atoms with Gasteiger partial charge in [0, 0.05) is 23.3 Å². The summed E-state index contributed by atoms with van der Waals surface area (Å²) in [6, 6.07) is 6.19. The highest BCUT2D eigenvalue weighted by Gasteiger charge is 2.24. The minimum Gasteiger partial charge on any atom is -0.300 e. The Morgan fingerprint density at radius 3 is 2.92 bits per heavy atom. The first kappa shape index (κ1) is 14.6. The van der Waals surface area contributed by atoms with Gasteiger partial charge in [-0.05, 0) is 25.1 Å². The van der Waals surface area contributed by atoms with E-state index in [0.29, 0.717) is 12.4 Å². The van der Waals surface area contributed by atoms with Gasteiger partial charge >= 0.3 is 0 Å². The second-order valence-electron chi connectivity index (χ2n) is 6.13. The predicted octanol–water partition coefficient (Wildman–Crippen LogP) is 2.96. The molecule has 0 saturated heterocycles. The Morgan fingerprint density at radius 2 is 2.12 bits per heavy atom. The zero-order chi connectivity index (χ0) is 17.1. The first-order valence-corrected chi connectivity index (χ1v) is 8.66. The van der Waals surface area contributed by atoms with E-state index >= 15 is 0 Å². The van der Waals surface area contributed by atoms with Crippen LogP contribution < -0.4 is 0 Å². The molecule has 7 nitrogen and oxygen atoms in total. The number of fused-ring (bicyclic) bond motifs is 5. The molecule has 0 aliphatic carbocycles. The molecule has 5 rings (SSSR count). The first-order chi connectivity index (χ1) is 12.1. The fraction of sp³-hybridized carbons (Fsp3) is 0.176. The van der Waals surface area contributed by atoms with Crippen LogP contribution in [0.4, 0.5) is 0 Å². The minimum absolute atomic E-state index is 0.626. The van der Waals surface area contributed by atoms with E-state index in [2.05, 4.69) is 42.7 Å². The molecule has 4 heterocycles. The lowest BCUT2D eigenvalue weighted by atomic mass is 10.1. The summed E-state index contributed by atoms with van der Waals surface area (Å²) in [7, 11) is 1.89. The van der Waals surface area contributed by atoms with Crippen LogP contribution in [0.3, 0.4) is 0 Å². The first-order valence-electron chi connectivity index (χ1n) is 7.87. The summed E-state index contributed by atoms with van der Waals surface area (Å²) in [5.41, 5.74) is 5.10. The number of aryl methyl sites for hydroxylation is 2. The van der Waals surface area contributed by atoms with Gasteiger partial charge in [0.1, 0.15) is 0 Å².